The summed E-state index contributed by atoms with van der Waals surface area (Å²) >= 11 is 5.51. The van der Waals surface area contributed by atoms with Gasteiger partial charge < -0.3 is 5.32 Å². The quantitative estimate of drug-likeness (QED) is 0.842. The van der Waals surface area contributed by atoms with Crippen LogP contribution in [0.25, 0.3) is 0 Å². The fraction of sp³-hybridized carbons (Fsp3) is 0.250. The molecule has 3 rings (SSSR count). The molecule has 0 fully saturated rings. The third-order valence-corrected chi connectivity index (χ3v) is 5.65. The van der Waals surface area contributed by atoms with Gasteiger partial charge in [-0.2, -0.15) is 0 Å². The summed E-state index contributed by atoms with van der Waals surface area (Å²) in [5.41, 5.74) is 3.97. The summed E-state index contributed by atoms with van der Waals surface area (Å²) in [7, 11) is 0. The van der Waals surface area contributed by atoms with Crippen LogP contribution in [0.3, 0.4) is 0 Å². The Morgan fingerprint density at radius 1 is 1.26 bits per heavy atom. The molecule has 19 heavy (non-hydrogen) atoms. The summed E-state index contributed by atoms with van der Waals surface area (Å²) in [5.74, 6) is 1.80. The lowest BCUT2D eigenvalue weighted by molar-refractivity contribution is 0.819. The van der Waals surface area contributed by atoms with Crippen LogP contribution < -0.4 is 5.32 Å². The molecule has 1 nitrogen and oxygen atoms in total. The number of halogens is 1. The second kappa shape index (κ2) is 5.59. The van der Waals surface area contributed by atoms with Gasteiger partial charge in [0.1, 0.15) is 0 Å². The Hall–Kier alpha value is -0.930. The van der Waals surface area contributed by atoms with Crippen molar-refractivity contribution in [2.75, 3.05) is 17.6 Å². The number of hydrogen-bond acceptors (Lipinski definition) is 2. The van der Waals surface area contributed by atoms with Gasteiger partial charge in [0.15, 0.2) is 0 Å². The van der Waals surface area contributed by atoms with Gasteiger partial charge in [-0.25, -0.2) is 0 Å². The zero-order valence-corrected chi connectivity index (χ0v) is 13.2. The van der Waals surface area contributed by atoms with Gasteiger partial charge in [-0.3, -0.25) is 0 Å². The number of anilines is 1. The summed E-state index contributed by atoms with van der Waals surface area (Å²) in [4.78, 5) is 1.45. The third-order valence-electron chi connectivity index (χ3n) is 3.51. The smallest absolute Gasteiger partial charge is 0.0343 e. The lowest BCUT2D eigenvalue weighted by atomic mass is 10.0. The Bertz CT molecular complexity index is 597. The molecule has 1 heterocycles. The zero-order chi connectivity index (χ0) is 13.2. The summed E-state index contributed by atoms with van der Waals surface area (Å²) in [6.45, 7) is 3.13. The standard InChI is InChI=1S/C16H16BrNS/c1-11-8-13(6-7-15(11)17)18-9-12-10-19-16-5-3-2-4-14(12)16/h2-8,12,18H,9-10H2,1H3. The molecule has 98 valence electrons. The molecule has 0 aromatic heterocycles. The minimum atomic E-state index is 0.616. The summed E-state index contributed by atoms with van der Waals surface area (Å²) in [6, 6.07) is 15.2. The average Bonchev–Trinajstić information content (AvgIpc) is 2.83. The molecule has 0 spiro atoms. The van der Waals surface area contributed by atoms with Crippen LogP contribution in [0.5, 0.6) is 0 Å². The number of thioether (sulfide) groups is 1. The van der Waals surface area contributed by atoms with Crippen LogP contribution in [0, 0.1) is 6.92 Å². The Labute approximate surface area is 126 Å². The van der Waals surface area contributed by atoms with Crippen LogP contribution in [0.1, 0.15) is 17.0 Å². The SMILES string of the molecule is Cc1cc(NCC2CSc3ccccc32)ccc1Br. The van der Waals surface area contributed by atoms with Crippen molar-refractivity contribution < 1.29 is 0 Å². The van der Waals surface area contributed by atoms with E-state index in [4.69, 9.17) is 0 Å². The van der Waals surface area contributed by atoms with Gasteiger partial charge in [0.05, 0.1) is 0 Å². The van der Waals surface area contributed by atoms with E-state index in [-0.39, 0.29) is 0 Å². The fourth-order valence-electron chi connectivity index (χ4n) is 2.39. The molecule has 0 saturated heterocycles. The molecule has 2 aromatic carbocycles. The summed E-state index contributed by atoms with van der Waals surface area (Å²) < 4.78 is 1.17. The largest absolute Gasteiger partial charge is 0.384 e. The lowest BCUT2D eigenvalue weighted by Crippen LogP contribution is -2.12. The minimum absolute atomic E-state index is 0.616. The Morgan fingerprint density at radius 2 is 2.11 bits per heavy atom. The van der Waals surface area contributed by atoms with Crippen molar-refractivity contribution in [3.8, 4) is 0 Å². The zero-order valence-electron chi connectivity index (χ0n) is 10.8. The molecule has 0 radical (unpaired) electrons. The first-order valence-electron chi connectivity index (χ1n) is 6.46. The second-order valence-corrected chi connectivity index (χ2v) is 6.81. The molecule has 0 bridgehead atoms. The van der Waals surface area contributed by atoms with Crippen molar-refractivity contribution in [1.29, 1.82) is 0 Å². The van der Waals surface area contributed by atoms with Crippen molar-refractivity contribution in [3.05, 3.63) is 58.1 Å². The monoisotopic (exact) mass is 333 g/mol. The van der Waals surface area contributed by atoms with Gasteiger partial charge >= 0.3 is 0 Å². The maximum absolute atomic E-state index is 3.56. The van der Waals surface area contributed by atoms with E-state index in [1.54, 1.807) is 0 Å². The highest BCUT2D eigenvalue weighted by Gasteiger charge is 2.22. The van der Waals surface area contributed by atoms with E-state index >= 15 is 0 Å². The first kappa shape index (κ1) is 13.1. The van der Waals surface area contributed by atoms with Gasteiger partial charge in [0.2, 0.25) is 0 Å². The Morgan fingerprint density at radius 3 is 2.95 bits per heavy atom. The number of nitrogens with one attached hydrogen (secondary N) is 1. The number of aryl methyl sites for hydroxylation is 1. The number of benzene rings is 2. The molecular weight excluding hydrogens is 318 g/mol. The van der Waals surface area contributed by atoms with Gasteiger partial charge in [-0.1, -0.05) is 34.1 Å². The lowest BCUT2D eigenvalue weighted by Gasteiger charge is -2.14. The molecule has 0 saturated carbocycles. The Balaban J connectivity index is 1.69. The van der Waals surface area contributed by atoms with Crippen LogP contribution in [0.4, 0.5) is 5.69 Å². The van der Waals surface area contributed by atoms with Crippen LogP contribution in [-0.2, 0) is 0 Å². The Kier molecular flexibility index (Phi) is 3.85. The van der Waals surface area contributed by atoms with Crippen molar-refractivity contribution >= 4 is 33.4 Å². The molecule has 1 atom stereocenters. The van der Waals surface area contributed by atoms with E-state index < -0.39 is 0 Å². The predicted octanol–water partition coefficient (Wildman–Crippen LogP) is 5.06. The van der Waals surface area contributed by atoms with Gasteiger partial charge in [-0.15, -0.1) is 11.8 Å². The van der Waals surface area contributed by atoms with E-state index in [1.807, 2.05) is 11.8 Å². The van der Waals surface area contributed by atoms with Crippen molar-refractivity contribution in [2.24, 2.45) is 0 Å². The van der Waals surface area contributed by atoms with Crippen molar-refractivity contribution in [2.45, 2.75) is 17.7 Å². The summed E-state index contributed by atoms with van der Waals surface area (Å²) in [5, 5.41) is 3.56. The number of rotatable bonds is 3. The molecule has 0 amide bonds. The summed E-state index contributed by atoms with van der Waals surface area (Å²) in [6.07, 6.45) is 0. The van der Waals surface area contributed by atoms with Gasteiger partial charge in [0.25, 0.3) is 0 Å². The van der Waals surface area contributed by atoms with E-state index in [1.165, 1.54) is 31.9 Å². The van der Waals surface area contributed by atoms with E-state index in [9.17, 15) is 0 Å². The van der Waals surface area contributed by atoms with E-state index in [0.29, 0.717) is 5.92 Å². The molecule has 1 N–H and O–H groups in total. The third kappa shape index (κ3) is 2.82. The van der Waals surface area contributed by atoms with Crippen LogP contribution in [0.2, 0.25) is 0 Å². The molecule has 2 aromatic rings. The molecule has 1 unspecified atom stereocenters. The predicted molar refractivity (Wildman–Crippen MR) is 87.3 cm³/mol. The minimum Gasteiger partial charge on any atom is -0.384 e. The topological polar surface area (TPSA) is 12.0 Å². The maximum atomic E-state index is 3.56. The first-order valence-corrected chi connectivity index (χ1v) is 8.23. The highest BCUT2D eigenvalue weighted by molar-refractivity contribution is 9.10. The van der Waals surface area contributed by atoms with E-state index in [2.05, 4.69) is 70.6 Å². The van der Waals surface area contributed by atoms with Crippen molar-refractivity contribution in [1.82, 2.24) is 0 Å². The maximum Gasteiger partial charge on any atom is 0.0343 e. The molecule has 0 aliphatic carbocycles. The molecule has 1 aliphatic rings. The van der Waals surface area contributed by atoms with E-state index in [0.717, 1.165) is 6.54 Å². The number of fused-ring (bicyclic) bond motifs is 1. The highest BCUT2D eigenvalue weighted by atomic mass is 79.9. The number of hydrogen-bond donors (Lipinski definition) is 1. The van der Waals surface area contributed by atoms with Crippen LogP contribution in [-0.4, -0.2) is 12.3 Å². The molecule has 3 heteroatoms. The first-order chi connectivity index (χ1) is 9.24. The average molecular weight is 334 g/mol. The fourth-order valence-corrected chi connectivity index (χ4v) is 3.89. The van der Waals surface area contributed by atoms with Crippen LogP contribution in [0.15, 0.2) is 51.8 Å². The highest BCUT2D eigenvalue weighted by Crippen LogP contribution is 2.39. The normalized spacial score (nSPS) is 17.3. The molecule has 1 aliphatic heterocycles. The second-order valence-electron chi connectivity index (χ2n) is 4.89. The van der Waals surface area contributed by atoms with Crippen molar-refractivity contribution in [3.63, 3.8) is 0 Å². The molecular formula is C16H16BrNS. The van der Waals surface area contributed by atoms with Gasteiger partial charge in [0, 0.05) is 33.3 Å². The van der Waals surface area contributed by atoms with Gasteiger partial charge in [-0.05, 0) is 42.3 Å². The van der Waals surface area contributed by atoms with Crippen LogP contribution >= 0.6 is 27.7 Å².